The molecular weight excluding hydrogens is 300 g/mol. The highest BCUT2D eigenvalue weighted by atomic mass is 35.5. The minimum Gasteiger partial charge on any atom is -0.478 e. The third-order valence-corrected chi connectivity index (χ3v) is 2.93. The van der Waals surface area contributed by atoms with Crippen molar-refractivity contribution in [3.8, 4) is 5.75 Å². The SMILES string of the molecule is CC(Oc1ccc(F)cc1F)C(=O)Nc1ccc(Cl)cc1. The lowest BCUT2D eigenvalue weighted by atomic mass is 10.3. The van der Waals surface area contributed by atoms with Crippen LogP contribution in [-0.2, 0) is 4.79 Å². The molecule has 2 aromatic carbocycles. The van der Waals surface area contributed by atoms with E-state index in [-0.39, 0.29) is 5.75 Å². The van der Waals surface area contributed by atoms with Crippen LogP contribution < -0.4 is 10.1 Å². The highest BCUT2D eigenvalue weighted by Crippen LogP contribution is 2.20. The molecule has 1 atom stereocenters. The van der Waals surface area contributed by atoms with Gasteiger partial charge in [0, 0.05) is 16.8 Å². The van der Waals surface area contributed by atoms with Crippen molar-refractivity contribution in [1.82, 2.24) is 0 Å². The molecular formula is C15H12ClF2NO2. The molecule has 0 fully saturated rings. The van der Waals surface area contributed by atoms with Crippen LogP contribution in [0.15, 0.2) is 42.5 Å². The monoisotopic (exact) mass is 311 g/mol. The predicted octanol–water partition coefficient (Wildman–Crippen LogP) is 4.02. The summed E-state index contributed by atoms with van der Waals surface area (Å²) in [5.74, 6) is -2.21. The fourth-order valence-electron chi connectivity index (χ4n) is 1.59. The van der Waals surface area contributed by atoms with E-state index in [1.807, 2.05) is 0 Å². The summed E-state index contributed by atoms with van der Waals surface area (Å²) in [7, 11) is 0. The van der Waals surface area contributed by atoms with Crippen LogP contribution >= 0.6 is 11.6 Å². The standard InChI is InChI=1S/C15H12ClF2NO2/c1-9(21-14-7-4-11(17)8-13(14)18)15(20)19-12-5-2-10(16)3-6-12/h2-9H,1H3,(H,19,20). The molecule has 0 aromatic heterocycles. The molecule has 2 aromatic rings. The Balaban J connectivity index is 2.00. The highest BCUT2D eigenvalue weighted by Gasteiger charge is 2.17. The van der Waals surface area contributed by atoms with E-state index in [4.69, 9.17) is 16.3 Å². The van der Waals surface area contributed by atoms with Crippen molar-refractivity contribution in [2.45, 2.75) is 13.0 Å². The number of rotatable bonds is 4. The van der Waals surface area contributed by atoms with Gasteiger partial charge in [0.25, 0.3) is 5.91 Å². The third kappa shape index (κ3) is 4.16. The van der Waals surface area contributed by atoms with Crippen LogP contribution in [0.1, 0.15) is 6.92 Å². The van der Waals surface area contributed by atoms with Crippen LogP contribution in [0.4, 0.5) is 14.5 Å². The fourth-order valence-corrected chi connectivity index (χ4v) is 1.72. The van der Waals surface area contributed by atoms with E-state index >= 15 is 0 Å². The minimum absolute atomic E-state index is 0.185. The lowest BCUT2D eigenvalue weighted by molar-refractivity contribution is -0.122. The van der Waals surface area contributed by atoms with Crippen molar-refractivity contribution < 1.29 is 18.3 Å². The molecule has 1 amide bonds. The van der Waals surface area contributed by atoms with Crippen LogP contribution in [0.5, 0.6) is 5.75 Å². The first-order chi connectivity index (χ1) is 9.95. The van der Waals surface area contributed by atoms with Crippen LogP contribution in [0.25, 0.3) is 0 Å². The number of halogens is 3. The van der Waals surface area contributed by atoms with Crippen molar-refractivity contribution in [3.05, 3.63) is 59.1 Å². The molecule has 0 aliphatic heterocycles. The van der Waals surface area contributed by atoms with Gasteiger partial charge in [-0.25, -0.2) is 8.78 Å². The Morgan fingerprint density at radius 3 is 2.48 bits per heavy atom. The number of hydrogen-bond acceptors (Lipinski definition) is 2. The lowest BCUT2D eigenvalue weighted by Crippen LogP contribution is -2.30. The zero-order valence-corrected chi connectivity index (χ0v) is 11.8. The molecule has 6 heteroatoms. The average molecular weight is 312 g/mol. The summed E-state index contributed by atoms with van der Waals surface area (Å²) in [5.41, 5.74) is 0.541. The van der Waals surface area contributed by atoms with Crippen LogP contribution in [0, 0.1) is 11.6 Å². The first-order valence-electron chi connectivity index (χ1n) is 6.14. The smallest absolute Gasteiger partial charge is 0.265 e. The number of nitrogens with one attached hydrogen (secondary N) is 1. The maximum absolute atomic E-state index is 13.4. The number of carbonyl (C=O) groups excluding carboxylic acids is 1. The Labute approximate surface area is 125 Å². The number of amides is 1. The molecule has 0 radical (unpaired) electrons. The van der Waals surface area contributed by atoms with Gasteiger partial charge in [0.05, 0.1) is 0 Å². The summed E-state index contributed by atoms with van der Waals surface area (Å²) in [6.07, 6.45) is -0.944. The van der Waals surface area contributed by atoms with Crippen molar-refractivity contribution in [1.29, 1.82) is 0 Å². The third-order valence-electron chi connectivity index (χ3n) is 2.68. The Hall–Kier alpha value is -2.14. The predicted molar refractivity (Wildman–Crippen MR) is 76.5 cm³/mol. The van der Waals surface area contributed by atoms with Gasteiger partial charge >= 0.3 is 0 Å². The van der Waals surface area contributed by atoms with Gasteiger partial charge in [-0.3, -0.25) is 4.79 Å². The summed E-state index contributed by atoms with van der Waals surface area (Å²) in [6.45, 7) is 1.47. The molecule has 21 heavy (non-hydrogen) atoms. The van der Waals surface area contributed by atoms with Crippen LogP contribution in [0.2, 0.25) is 5.02 Å². The molecule has 110 valence electrons. The lowest BCUT2D eigenvalue weighted by Gasteiger charge is -2.15. The number of carbonyl (C=O) groups is 1. The first-order valence-corrected chi connectivity index (χ1v) is 6.51. The van der Waals surface area contributed by atoms with Gasteiger partial charge in [-0.2, -0.15) is 0 Å². The minimum atomic E-state index is -0.944. The molecule has 1 N–H and O–H groups in total. The van der Waals surface area contributed by atoms with E-state index in [1.54, 1.807) is 24.3 Å². The Bertz CT molecular complexity index is 647. The van der Waals surface area contributed by atoms with Gasteiger partial charge in [-0.05, 0) is 43.3 Å². The van der Waals surface area contributed by atoms with E-state index in [0.29, 0.717) is 16.8 Å². The van der Waals surface area contributed by atoms with Gasteiger partial charge in [-0.1, -0.05) is 11.6 Å². The second kappa shape index (κ2) is 6.54. The summed E-state index contributed by atoms with van der Waals surface area (Å²) in [6, 6.07) is 9.40. The Morgan fingerprint density at radius 2 is 1.86 bits per heavy atom. The number of hydrogen-bond donors (Lipinski definition) is 1. The summed E-state index contributed by atoms with van der Waals surface area (Å²) >= 11 is 5.74. The average Bonchev–Trinajstić information content (AvgIpc) is 2.44. The topological polar surface area (TPSA) is 38.3 Å². The zero-order valence-electron chi connectivity index (χ0n) is 11.1. The van der Waals surface area contributed by atoms with E-state index < -0.39 is 23.6 Å². The second-order valence-corrected chi connectivity index (χ2v) is 4.77. The highest BCUT2D eigenvalue weighted by molar-refractivity contribution is 6.30. The Kier molecular flexibility index (Phi) is 4.75. The van der Waals surface area contributed by atoms with Crippen LogP contribution in [-0.4, -0.2) is 12.0 Å². The van der Waals surface area contributed by atoms with Gasteiger partial charge in [0.1, 0.15) is 5.82 Å². The van der Waals surface area contributed by atoms with E-state index in [1.165, 1.54) is 6.92 Å². The number of ether oxygens (including phenoxy) is 1. The number of benzene rings is 2. The molecule has 2 rings (SSSR count). The van der Waals surface area contributed by atoms with Gasteiger partial charge in [0.2, 0.25) is 0 Å². The fraction of sp³-hybridized carbons (Fsp3) is 0.133. The maximum Gasteiger partial charge on any atom is 0.265 e. The zero-order chi connectivity index (χ0) is 15.4. The molecule has 0 aliphatic rings. The van der Waals surface area contributed by atoms with Crippen molar-refractivity contribution >= 4 is 23.2 Å². The van der Waals surface area contributed by atoms with E-state index in [9.17, 15) is 13.6 Å². The molecule has 1 unspecified atom stereocenters. The molecule has 0 saturated carbocycles. The van der Waals surface area contributed by atoms with Crippen molar-refractivity contribution in [3.63, 3.8) is 0 Å². The largest absolute Gasteiger partial charge is 0.478 e. The van der Waals surface area contributed by atoms with Gasteiger partial charge < -0.3 is 10.1 Å². The first kappa shape index (κ1) is 15.3. The molecule has 3 nitrogen and oxygen atoms in total. The molecule has 0 aliphatic carbocycles. The Morgan fingerprint density at radius 1 is 1.19 bits per heavy atom. The van der Waals surface area contributed by atoms with Gasteiger partial charge in [-0.15, -0.1) is 0 Å². The summed E-state index contributed by atoms with van der Waals surface area (Å²) < 4.78 is 31.4. The summed E-state index contributed by atoms with van der Waals surface area (Å²) in [5, 5.41) is 3.15. The van der Waals surface area contributed by atoms with Crippen molar-refractivity contribution in [2.75, 3.05) is 5.32 Å². The second-order valence-electron chi connectivity index (χ2n) is 4.33. The van der Waals surface area contributed by atoms with Crippen molar-refractivity contribution in [2.24, 2.45) is 0 Å². The quantitative estimate of drug-likeness (QED) is 0.926. The number of anilines is 1. The van der Waals surface area contributed by atoms with E-state index in [2.05, 4.69) is 5.32 Å². The maximum atomic E-state index is 13.4. The molecule has 0 saturated heterocycles. The summed E-state index contributed by atoms with van der Waals surface area (Å²) in [4.78, 5) is 11.9. The molecule has 0 spiro atoms. The van der Waals surface area contributed by atoms with E-state index in [0.717, 1.165) is 12.1 Å². The van der Waals surface area contributed by atoms with Crippen LogP contribution in [0.3, 0.4) is 0 Å². The molecule has 0 bridgehead atoms. The van der Waals surface area contributed by atoms with Gasteiger partial charge in [0.15, 0.2) is 17.7 Å². The normalized spacial score (nSPS) is 11.8. The molecule has 0 heterocycles.